The van der Waals surface area contributed by atoms with Crippen molar-refractivity contribution in [3.63, 3.8) is 0 Å². The zero-order valence-electron chi connectivity index (χ0n) is 17.1. The number of hydrogen-bond acceptors (Lipinski definition) is 3. The first-order chi connectivity index (χ1) is 15.2. The van der Waals surface area contributed by atoms with Crippen LogP contribution in [0.3, 0.4) is 0 Å². The van der Waals surface area contributed by atoms with Crippen molar-refractivity contribution in [2.45, 2.75) is 25.9 Å². The molecule has 6 heteroatoms. The molecule has 1 amide bonds. The van der Waals surface area contributed by atoms with Gasteiger partial charge in [0.1, 0.15) is 18.2 Å². The summed E-state index contributed by atoms with van der Waals surface area (Å²) in [6, 6.07) is 25.3. The maximum Gasteiger partial charge on any atom is 0.220 e. The lowest BCUT2D eigenvalue weighted by molar-refractivity contribution is -0.121. The molecule has 0 bridgehead atoms. The van der Waals surface area contributed by atoms with Gasteiger partial charge in [-0.05, 0) is 48.4 Å². The number of carbonyl (C=O) groups is 1. The zero-order valence-corrected chi connectivity index (χ0v) is 17.9. The van der Waals surface area contributed by atoms with Crippen LogP contribution in [0.5, 0.6) is 5.75 Å². The summed E-state index contributed by atoms with van der Waals surface area (Å²) in [6.45, 7) is 1.48. The molecule has 3 aromatic carbocycles. The van der Waals surface area contributed by atoms with Gasteiger partial charge in [0, 0.05) is 11.4 Å². The fraction of sp³-hybridized carbons (Fsp3) is 0.200. The summed E-state index contributed by atoms with van der Waals surface area (Å²) in [5.74, 6) is 1.60. The van der Waals surface area contributed by atoms with Crippen molar-refractivity contribution in [3.05, 3.63) is 95.3 Å². The van der Waals surface area contributed by atoms with E-state index in [1.165, 1.54) is 0 Å². The standard InChI is InChI=1S/C25H24ClN3O2/c26-20-11-13-21(14-12-20)31-17-16-29-23-9-5-4-8-22(23)28-24(29)18-27-25(30)15-10-19-6-2-1-3-7-19/h1-9,11-14H,10,15-18H2,(H,27,30). The molecule has 4 aromatic rings. The molecule has 0 fully saturated rings. The molecule has 1 heterocycles. The molecule has 31 heavy (non-hydrogen) atoms. The van der Waals surface area contributed by atoms with E-state index in [0.29, 0.717) is 31.1 Å². The second-order valence-corrected chi connectivity index (χ2v) is 7.67. The summed E-state index contributed by atoms with van der Waals surface area (Å²) in [7, 11) is 0. The maximum atomic E-state index is 12.4. The van der Waals surface area contributed by atoms with E-state index in [-0.39, 0.29) is 5.91 Å². The molecule has 0 saturated carbocycles. The van der Waals surface area contributed by atoms with Gasteiger partial charge in [-0.25, -0.2) is 4.98 Å². The van der Waals surface area contributed by atoms with Crippen LogP contribution in [0.15, 0.2) is 78.9 Å². The number of halogens is 1. The number of ether oxygens (including phenoxy) is 1. The number of benzene rings is 3. The van der Waals surface area contributed by atoms with E-state index < -0.39 is 0 Å². The molecule has 0 aliphatic heterocycles. The number of rotatable bonds is 9. The monoisotopic (exact) mass is 433 g/mol. The first kappa shape index (κ1) is 20.9. The van der Waals surface area contributed by atoms with E-state index in [1.807, 2.05) is 66.7 Å². The van der Waals surface area contributed by atoms with Crippen molar-refractivity contribution >= 4 is 28.5 Å². The Balaban J connectivity index is 1.38. The number of imidazole rings is 1. The van der Waals surface area contributed by atoms with Gasteiger partial charge in [0.2, 0.25) is 5.91 Å². The number of para-hydroxylation sites is 2. The largest absolute Gasteiger partial charge is 0.492 e. The second-order valence-electron chi connectivity index (χ2n) is 7.23. The maximum absolute atomic E-state index is 12.4. The average molecular weight is 434 g/mol. The van der Waals surface area contributed by atoms with Crippen molar-refractivity contribution in [1.29, 1.82) is 0 Å². The fourth-order valence-electron chi connectivity index (χ4n) is 3.46. The lowest BCUT2D eigenvalue weighted by atomic mass is 10.1. The van der Waals surface area contributed by atoms with Crippen LogP contribution < -0.4 is 10.1 Å². The van der Waals surface area contributed by atoms with Crippen LogP contribution >= 0.6 is 11.6 Å². The summed E-state index contributed by atoms with van der Waals surface area (Å²) in [4.78, 5) is 17.1. The lowest BCUT2D eigenvalue weighted by Crippen LogP contribution is -2.25. The van der Waals surface area contributed by atoms with Crippen LogP contribution in [-0.2, 0) is 24.3 Å². The highest BCUT2D eigenvalue weighted by Gasteiger charge is 2.12. The topological polar surface area (TPSA) is 56.2 Å². The van der Waals surface area contributed by atoms with Crippen molar-refractivity contribution in [3.8, 4) is 5.75 Å². The highest BCUT2D eigenvalue weighted by atomic mass is 35.5. The summed E-state index contributed by atoms with van der Waals surface area (Å²) in [5.41, 5.74) is 3.09. The Kier molecular flexibility index (Phi) is 6.85. The number of aryl methyl sites for hydroxylation is 1. The molecular weight excluding hydrogens is 410 g/mol. The number of carbonyl (C=O) groups excluding carboxylic acids is 1. The summed E-state index contributed by atoms with van der Waals surface area (Å²) >= 11 is 5.93. The number of amides is 1. The van der Waals surface area contributed by atoms with E-state index in [9.17, 15) is 4.79 Å². The van der Waals surface area contributed by atoms with Gasteiger partial charge in [-0.1, -0.05) is 54.1 Å². The van der Waals surface area contributed by atoms with Gasteiger partial charge in [0.25, 0.3) is 0 Å². The minimum Gasteiger partial charge on any atom is -0.492 e. The molecule has 1 N–H and O–H groups in total. The van der Waals surface area contributed by atoms with Gasteiger partial charge in [0.05, 0.1) is 24.1 Å². The number of aromatic nitrogens is 2. The Morgan fingerprint density at radius 1 is 0.968 bits per heavy atom. The van der Waals surface area contributed by atoms with Gasteiger partial charge in [-0.2, -0.15) is 0 Å². The van der Waals surface area contributed by atoms with E-state index in [2.05, 4.69) is 9.88 Å². The summed E-state index contributed by atoms with van der Waals surface area (Å²) in [5, 5.41) is 3.69. The Labute approximate surface area is 186 Å². The quantitative estimate of drug-likeness (QED) is 0.403. The normalized spacial score (nSPS) is 10.9. The molecule has 0 unspecified atom stereocenters. The Morgan fingerprint density at radius 2 is 1.71 bits per heavy atom. The predicted octanol–water partition coefficient (Wildman–Crippen LogP) is 5.02. The minimum absolute atomic E-state index is 0.0138. The Bertz CT molecular complexity index is 1140. The van der Waals surface area contributed by atoms with Gasteiger partial charge in [-0.3, -0.25) is 4.79 Å². The van der Waals surface area contributed by atoms with Crippen LogP contribution in [0.4, 0.5) is 0 Å². The van der Waals surface area contributed by atoms with Crippen LogP contribution in [0, 0.1) is 0 Å². The Hall–Kier alpha value is -3.31. The first-order valence-corrected chi connectivity index (χ1v) is 10.7. The third-order valence-corrected chi connectivity index (χ3v) is 5.31. The van der Waals surface area contributed by atoms with Crippen molar-refractivity contribution in [2.75, 3.05) is 6.61 Å². The van der Waals surface area contributed by atoms with E-state index in [4.69, 9.17) is 21.3 Å². The Morgan fingerprint density at radius 3 is 2.52 bits per heavy atom. The van der Waals surface area contributed by atoms with Crippen molar-refractivity contribution in [2.24, 2.45) is 0 Å². The molecular formula is C25H24ClN3O2. The van der Waals surface area contributed by atoms with Gasteiger partial charge < -0.3 is 14.6 Å². The van der Waals surface area contributed by atoms with Gasteiger partial charge in [0.15, 0.2) is 0 Å². The molecule has 158 valence electrons. The van der Waals surface area contributed by atoms with Crippen LogP contribution in [-0.4, -0.2) is 22.1 Å². The molecule has 0 atom stereocenters. The van der Waals surface area contributed by atoms with Crippen molar-refractivity contribution in [1.82, 2.24) is 14.9 Å². The highest BCUT2D eigenvalue weighted by Crippen LogP contribution is 2.18. The number of nitrogens with zero attached hydrogens (tertiary/aromatic N) is 2. The zero-order chi connectivity index (χ0) is 21.5. The first-order valence-electron chi connectivity index (χ1n) is 10.3. The fourth-order valence-corrected chi connectivity index (χ4v) is 3.59. The number of hydrogen-bond donors (Lipinski definition) is 1. The molecule has 4 rings (SSSR count). The third kappa shape index (κ3) is 5.64. The average Bonchev–Trinajstić information content (AvgIpc) is 3.16. The highest BCUT2D eigenvalue weighted by molar-refractivity contribution is 6.30. The molecule has 0 spiro atoms. The second kappa shape index (κ2) is 10.1. The van der Waals surface area contributed by atoms with Crippen LogP contribution in [0.1, 0.15) is 17.8 Å². The molecule has 5 nitrogen and oxygen atoms in total. The molecule has 0 saturated heterocycles. The van der Waals surface area contributed by atoms with Crippen LogP contribution in [0.25, 0.3) is 11.0 Å². The molecule has 1 aromatic heterocycles. The smallest absolute Gasteiger partial charge is 0.220 e. The van der Waals surface area contributed by atoms with E-state index in [1.54, 1.807) is 12.1 Å². The predicted molar refractivity (Wildman–Crippen MR) is 123 cm³/mol. The SMILES string of the molecule is O=C(CCc1ccccc1)NCc1nc2ccccc2n1CCOc1ccc(Cl)cc1. The minimum atomic E-state index is 0.0138. The van der Waals surface area contributed by atoms with E-state index in [0.717, 1.165) is 34.6 Å². The summed E-state index contributed by atoms with van der Waals surface area (Å²) in [6.07, 6.45) is 1.17. The lowest BCUT2D eigenvalue weighted by Gasteiger charge is -2.12. The van der Waals surface area contributed by atoms with E-state index >= 15 is 0 Å². The summed E-state index contributed by atoms with van der Waals surface area (Å²) < 4.78 is 7.96. The van der Waals surface area contributed by atoms with Gasteiger partial charge >= 0.3 is 0 Å². The molecule has 0 aliphatic carbocycles. The van der Waals surface area contributed by atoms with Crippen LogP contribution in [0.2, 0.25) is 5.02 Å². The van der Waals surface area contributed by atoms with Crippen molar-refractivity contribution < 1.29 is 9.53 Å². The number of fused-ring (bicyclic) bond motifs is 1. The van der Waals surface area contributed by atoms with Gasteiger partial charge in [-0.15, -0.1) is 0 Å². The molecule has 0 radical (unpaired) electrons. The molecule has 0 aliphatic rings. The number of nitrogens with one attached hydrogen (secondary N) is 1. The third-order valence-electron chi connectivity index (χ3n) is 5.06.